The maximum Gasteiger partial charge on any atom is 0.0701 e. The van der Waals surface area contributed by atoms with Crippen molar-refractivity contribution in [2.75, 3.05) is 25.2 Å². The van der Waals surface area contributed by atoms with Crippen LogP contribution in [0.4, 0.5) is 0 Å². The Kier molecular flexibility index (Phi) is 4.95. The van der Waals surface area contributed by atoms with E-state index in [0.29, 0.717) is 6.04 Å². The highest BCUT2D eigenvalue weighted by atomic mass is 32.2. The molecule has 2 saturated heterocycles. The number of rotatable bonds is 4. The van der Waals surface area contributed by atoms with Crippen LogP contribution < -0.4 is 5.32 Å². The van der Waals surface area contributed by atoms with Crippen molar-refractivity contribution in [2.45, 2.75) is 43.7 Å². The Morgan fingerprint density at radius 1 is 1.53 bits per heavy atom. The largest absolute Gasteiger partial charge is 0.375 e. The topological polar surface area (TPSA) is 21.3 Å². The van der Waals surface area contributed by atoms with Gasteiger partial charge in [-0.3, -0.25) is 0 Å². The number of nitrogens with one attached hydrogen (secondary N) is 1. The van der Waals surface area contributed by atoms with Crippen molar-refractivity contribution < 1.29 is 4.74 Å². The number of thioether (sulfide) groups is 1. The SMILES string of the molecule is C=CCC(NC)C1CCOC2(CCSCC2)C1. The molecule has 2 rings (SSSR count). The van der Waals surface area contributed by atoms with E-state index in [1.54, 1.807) is 0 Å². The zero-order chi connectivity index (χ0) is 12.1. The molecule has 0 radical (unpaired) electrons. The van der Waals surface area contributed by atoms with Crippen LogP contribution in [0.15, 0.2) is 12.7 Å². The van der Waals surface area contributed by atoms with Crippen molar-refractivity contribution in [3.05, 3.63) is 12.7 Å². The fourth-order valence-electron chi connectivity index (χ4n) is 3.23. The Morgan fingerprint density at radius 2 is 2.29 bits per heavy atom. The van der Waals surface area contributed by atoms with Gasteiger partial charge in [0.15, 0.2) is 0 Å². The molecule has 0 aliphatic carbocycles. The molecular formula is C14H25NOS. The summed E-state index contributed by atoms with van der Waals surface area (Å²) in [5.41, 5.74) is 0.213. The summed E-state index contributed by atoms with van der Waals surface area (Å²) in [7, 11) is 2.08. The zero-order valence-electron chi connectivity index (χ0n) is 10.9. The van der Waals surface area contributed by atoms with Crippen LogP contribution in [0.5, 0.6) is 0 Å². The molecule has 0 bridgehead atoms. The number of hydrogen-bond donors (Lipinski definition) is 1. The average molecular weight is 255 g/mol. The molecule has 2 aliphatic rings. The summed E-state index contributed by atoms with van der Waals surface area (Å²) in [6, 6.07) is 0.586. The van der Waals surface area contributed by atoms with Crippen molar-refractivity contribution >= 4 is 11.8 Å². The van der Waals surface area contributed by atoms with Crippen molar-refractivity contribution in [3.8, 4) is 0 Å². The maximum absolute atomic E-state index is 6.14. The molecule has 98 valence electrons. The highest BCUT2D eigenvalue weighted by Gasteiger charge is 2.40. The van der Waals surface area contributed by atoms with Crippen LogP contribution in [-0.2, 0) is 4.74 Å². The minimum atomic E-state index is 0.213. The van der Waals surface area contributed by atoms with E-state index >= 15 is 0 Å². The second-order valence-electron chi connectivity index (χ2n) is 5.32. The first-order chi connectivity index (χ1) is 8.29. The zero-order valence-corrected chi connectivity index (χ0v) is 11.7. The molecule has 2 heterocycles. The summed E-state index contributed by atoms with van der Waals surface area (Å²) in [6.45, 7) is 4.82. The highest BCUT2D eigenvalue weighted by molar-refractivity contribution is 7.99. The van der Waals surface area contributed by atoms with E-state index < -0.39 is 0 Å². The molecule has 1 spiro atoms. The van der Waals surface area contributed by atoms with E-state index in [0.717, 1.165) is 18.9 Å². The van der Waals surface area contributed by atoms with Gasteiger partial charge in [-0.25, -0.2) is 0 Å². The summed E-state index contributed by atoms with van der Waals surface area (Å²) in [5, 5.41) is 3.46. The van der Waals surface area contributed by atoms with E-state index in [4.69, 9.17) is 4.74 Å². The first-order valence-electron chi connectivity index (χ1n) is 6.79. The molecule has 2 aliphatic heterocycles. The van der Waals surface area contributed by atoms with Crippen LogP contribution in [0.25, 0.3) is 0 Å². The molecule has 0 aromatic carbocycles. The minimum absolute atomic E-state index is 0.213. The predicted octanol–water partition coefficient (Wildman–Crippen LogP) is 2.84. The number of ether oxygens (including phenoxy) is 1. The molecule has 0 aromatic heterocycles. The molecule has 2 nitrogen and oxygen atoms in total. The van der Waals surface area contributed by atoms with E-state index in [2.05, 4.69) is 30.7 Å². The standard InChI is InChI=1S/C14H25NOS/c1-3-4-13(15-2)12-5-8-16-14(11-12)6-9-17-10-7-14/h3,12-13,15H,1,4-11H2,2H3. The Labute approximate surface area is 110 Å². The van der Waals surface area contributed by atoms with Crippen LogP contribution in [0, 0.1) is 5.92 Å². The summed E-state index contributed by atoms with van der Waals surface area (Å²) < 4.78 is 6.14. The molecule has 2 fully saturated rings. The third-order valence-electron chi connectivity index (χ3n) is 4.30. The van der Waals surface area contributed by atoms with E-state index in [1.165, 1.54) is 37.2 Å². The van der Waals surface area contributed by atoms with Gasteiger partial charge < -0.3 is 10.1 Å². The summed E-state index contributed by atoms with van der Waals surface area (Å²) in [5.74, 6) is 3.31. The lowest BCUT2D eigenvalue weighted by Gasteiger charge is -2.45. The van der Waals surface area contributed by atoms with Gasteiger partial charge in [0.05, 0.1) is 5.60 Å². The normalized spacial score (nSPS) is 30.1. The predicted molar refractivity (Wildman–Crippen MR) is 75.6 cm³/mol. The van der Waals surface area contributed by atoms with Gasteiger partial charge in [-0.05, 0) is 56.6 Å². The van der Waals surface area contributed by atoms with Gasteiger partial charge in [-0.15, -0.1) is 6.58 Å². The van der Waals surface area contributed by atoms with Crippen LogP contribution in [-0.4, -0.2) is 36.8 Å². The lowest BCUT2D eigenvalue weighted by atomic mass is 9.78. The fraction of sp³-hybridized carbons (Fsp3) is 0.857. The van der Waals surface area contributed by atoms with Crippen molar-refractivity contribution in [3.63, 3.8) is 0 Å². The highest BCUT2D eigenvalue weighted by Crippen LogP contribution is 2.40. The molecule has 2 unspecified atom stereocenters. The van der Waals surface area contributed by atoms with Crippen molar-refractivity contribution in [1.82, 2.24) is 5.32 Å². The lowest BCUT2D eigenvalue weighted by molar-refractivity contribution is -0.106. The Hall–Kier alpha value is 0.0100. The second-order valence-corrected chi connectivity index (χ2v) is 6.54. The van der Waals surface area contributed by atoms with Crippen LogP contribution in [0.2, 0.25) is 0 Å². The molecular weight excluding hydrogens is 230 g/mol. The summed E-state index contributed by atoms with van der Waals surface area (Å²) in [6.07, 6.45) is 8.06. The molecule has 17 heavy (non-hydrogen) atoms. The van der Waals surface area contributed by atoms with Gasteiger partial charge in [0.25, 0.3) is 0 Å². The van der Waals surface area contributed by atoms with Crippen molar-refractivity contribution in [1.29, 1.82) is 0 Å². The molecule has 0 saturated carbocycles. The lowest BCUT2D eigenvalue weighted by Crippen LogP contribution is -2.47. The third-order valence-corrected chi connectivity index (χ3v) is 5.28. The van der Waals surface area contributed by atoms with Crippen molar-refractivity contribution in [2.24, 2.45) is 5.92 Å². The summed E-state index contributed by atoms with van der Waals surface area (Å²) >= 11 is 2.08. The first-order valence-corrected chi connectivity index (χ1v) is 7.95. The third kappa shape index (κ3) is 3.27. The second kappa shape index (κ2) is 6.26. The van der Waals surface area contributed by atoms with Gasteiger partial charge in [0.1, 0.15) is 0 Å². The molecule has 3 heteroatoms. The van der Waals surface area contributed by atoms with E-state index in [9.17, 15) is 0 Å². The molecule has 0 amide bonds. The van der Waals surface area contributed by atoms with Crippen LogP contribution in [0.3, 0.4) is 0 Å². The first kappa shape index (κ1) is 13.4. The van der Waals surface area contributed by atoms with Gasteiger partial charge in [-0.1, -0.05) is 6.08 Å². The molecule has 1 N–H and O–H groups in total. The molecule has 2 atom stereocenters. The minimum Gasteiger partial charge on any atom is -0.375 e. The van der Waals surface area contributed by atoms with E-state index in [-0.39, 0.29) is 5.60 Å². The smallest absolute Gasteiger partial charge is 0.0701 e. The van der Waals surface area contributed by atoms with Gasteiger partial charge in [0, 0.05) is 12.6 Å². The van der Waals surface area contributed by atoms with Crippen LogP contribution in [0.1, 0.15) is 32.1 Å². The maximum atomic E-state index is 6.14. The Bertz CT molecular complexity index is 245. The van der Waals surface area contributed by atoms with Crippen LogP contribution >= 0.6 is 11.8 Å². The number of hydrogen-bond acceptors (Lipinski definition) is 3. The quantitative estimate of drug-likeness (QED) is 0.781. The Morgan fingerprint density at radius 3 is 2.94 bits per heavy atom. The monoisotopic (exact) mass is 255 g/mol. The van der Waals surface area contributed by atoms with Gasteiger partial charge >= 0.3 is 0 Å². The van der Waals surface area contributed by atoms with E-state index in [1.807, 2.05) is 6.08 Å². The average Bonchev–Trinajstić information content (AvgIpc) is 2.37. The molecule has 0 aromatic rings. The fourth-order valence-corrected chi connectivity index (χ4v) is 4.46. The summed E-state index contributed by atoms with van der Waals surface area (Å²) in [4.78, 5) is 0. The van der Waals surface area contributed by atoms with Gasteiger partial charge in [0.2, 0.25) is 0 Å². The Balaban J connectivity index is 1.97. The van der Waals surface area contributed by atoms with Gasteiger partial charge in [-0.2, -0.15) is 11.8 Å².